The summed E-state index contributed by atoms with van der Waals surface area (Å²) in [6, 6.07) is 30.5. The summed E-state index contributed by atoms with van der Waals surface area (Å²) in [4.78, 5) is 24.8. The van der Waals surface area contributed by atoms with Crippen LogP contribution in [-0.2, 0) is 11.4 Å². The van der Waals surface area contributed by atoms with Gasteiger partial charge in [0.25, 0.3) is 5.91 Å². The molecule has 0 saturated heterocycles. The fourth-order valence-electron chi connectivity index (χ4n) is 3.46. The van der Waals surface area contributed by atoms with Crippen LogP contribution in [0.15, 0.2) is 108 Å². The third-order valence-electron chi connectivity index (χ3n) is 5.54. The summed E-state index contributed by atoms with van der Waals surface area (Å²) in [5.74, 6) is 0.929. The third kappa shape index (κ3) is 7.93. The molecule has 0 bridgehead atoms. The van der Waals surface area contributed by atoms with Crippen molar-refractivity contribution in [3.05, 3.63) is 120 Å². The molecule has 0 radical (unpaired) electrons. The number of hydrazone groups is 1. The van der Waals surface area contributed by atoms with Crippen molar-refractivity contribution in [1.82, 2.24) is 5.43 Å². The van der Waals surface area contributed by atoms with Crippen LogP contribution in [0.1, 0.15) is 28.4 Å². The number of rotatable bonds is 11. The molecule has 0 spiro atoms. The van der Waals surface area contributed by atoms with Gasteiger partial charge in [-0.25, -0.2) is 10.2 Å². The van der Waals surface area contributed by atoms with Crippen LogP contribution in [0, 0.1) is 0 Å². The lowest BCUT2D eigenvalue weighted by atomic mass is 10.2. The van der Waals surface area contributed by atoms with Gasteiger partial charge in [0.2, 0.25) is 0 Å². The zero-order chi connectivity index (χ0) is 27.5. The molecule has 4 rings (SSSR count). The highest BCUT2D eigenvalue weighted by Gasteiger charge is 2.15. The first kappa shape index (κ1) is 26.9. The lowest BCUT2D eigenvalue weighted by Gasteiger charge is -2.13. The van der Waals surface area contributed by atoms with Crippen molar-refractivity contribution in [2.75, 3.05) is 7.11 Å². The molecule has 0 aliphatic heterocycles. The lowest BCUT2D eigenvalue weighted by Crippen LogP contribution is -2.33. The molecule has 1 N–H and O–H groups in total. The van der Waals surface area contributed by atoms with Crippen LogP contribution in [0.25, 0.3) is 0 Å². The maximum absolute atomic E-state index is 12.4. The van der Waals surface area contributed by atoms with E-state index in [-0.39, 0.29) is 5.75 Å². The number of hydrogen-bond acceptors (Lipinski definition) is 7. The molecule has 198 valence electrons. The van der Waals surface area contributed by atoms with Gasteiger partial charge in [-0.1, -0.05) is 48.5 Å². The van der Waals surface area contributed by atoms with E-state index in [0.717, 1.165) is 5.56 Å². The fourth-order valence-corrected chi connectivity index (χ4v) is 3.46. The van der Waals surface area contributed by atoms with E-state index in [0.29, 0.717) is 35.0 Å². The van der Waals surface area contributed by atoms with E-state index in [4.69, 9.17) is 18.9 Å². The molecule has 4 aromatic rings. The Kier molecular flexibility index (Phi) is 9.28. The Morgan fingerprint density at radius 3 is 2.21 bits per heavy atom. The van der Waals surface area contributed by atoms with Gasteiger partial charge in [-0.15, -0.1) is 0 Å². The van der Waals surface area contributed by atoms with Crippen molar-refractivity contribution in [1.29, 1.82) is 0 Å². The van der Waals surface area contributed by atoms with Gasteiger partial charge in [0.05, 0.1) is 18.9 Å². The Morgan fingerprint density at radius 2 is 1.51 bits per heavy atom. The Morgan fingerprint density at radius 1 is 0.846 bits per heavy atom. The number of esters is 1. The topological polar surface area (TPSA) is 95.5 Å². The minimum atomic E-state index is -0.785. The summed E-state index contributed by atoms with van der Waals surface area (Å²) in [5, 5.41) is 4.00. The third-order valence-corrected chi connectivity index (χ3v) is 5.54. The highest BCUT2D eigenvalue weighted by atomic mass is 16.6. The molecule has 1 amide bonds. The summed E-state index contributed by atoms with van der Waals surface area (Å²) in [6.07, 6.45) is 0.669. The molecular weight excluding hydrogens is 496 g/mol. The van der Waals surface area contributed by atoms with Crippen LogP contribution in [0.4, 0.5) is 0 Å². The monoisotopic (exact) mass is 524 g/mol. The molecular formula is C31H28N2O6. The van der Waals surface area contributed by atoms with E-state index < -0.39 is 18.0 Å². The molecule has 0 aliphatic rings. The molecule has 8 nitrogen and oxygen atoms in total. The van der Waals surface area contributed by atoms with Crippen LogP contribution in [0.5, 0.6) is 23.0 Å². The van der Waals surface area contributed by atoms with Gasteiger partial charge in [0.1, 0.15) is 18.1 Å². The van der Waals surface area contributed by atoms with E-state index >= 15 is 0 Å². The summed E-state index contributed by atoms with van der Waals surface area (Å²) < 4.78 is 22.3. The van der Waals surface area contributed by atoms with Crippen LogP contribution in [0.2, 0.25) is 0 Å². The van der Waals surface area contributed by atoms with Gasteiger partial charge in [-0.2, -0.15) is 5.10 Å². The second-order valence-electron chi connectivity index (χ2n) is 8.41. The van der Waals surface area contributed by atoms with Gasteiger partial charge in [0, 0.05) is 0 Å². The molecule has 0 saturated carbocycles. The van der Waals surface area contributed by atoms with Gasteiger partial charge in [-0.05, 0) is 72.6 Å². The zero-order valence-electron chi connectivity index (χ0n) is 21.6. The van der Waals surface area contributed by atoms with E-state index in [1.807, 2.05) is 36.4 Å². The van der Waals surface area contributed by atoms with Crippen molar-refractivity contribution < 1.29 is 28.5 Å². The highest BCUT2D eigenvalue weighted by Crippen LogP contribution is 2.28. The van der Waals surface area contributed by atoms with Gasteiger partial charge < -0.3 is 18.9 Å². The van der Waals surface area contributed by atoms with E-state index in [9.17, 15) is 9.59 Å². The van der Waals surface area contributed by atoms with Crippen molar-refractivity contribution >= 4 is 18.1 Å². The van der Waals surface area contributed by atoms with Gasteiger partial charge >= 0.3 is 5.97 Å². The molecule has 8 heteroatoms. The van der Waals surface area contributed by atoms with Crippen LogP contribution >= 0.6 is 0 Å². The van der Waals surface area contributed by atoms with Crippen molar-refractivity contribution in [3.63, 3.8) is 0 Å². The average molecular weight is 525 g/mol. The normalized spacial score (nSPS) is 11.4. The number of benzene rings is 4. The molecule has 39 heavy (non-hydrogen) atoms. The summed E-state index contributed by atoms with van der Waals surface area (Å²) >= 11 is 0. The number of carbonyl (C=O) groups excluding carboxylic acids is 2. The Bertz CT molecular complexity index is 1410. The zero-order valence-corrected chi connectivity index (χ0v) is 21.6. The first-order valence-electron chi connectivity index (χ1n) is 12.2. The standard InChI is InChI=1S/C31H28N2O6/c1-22(38-27-16-14-26(15-17-27)37-21-23-9-5-3-6-10-23)30(34)33-32-20-24-13-18-28(29(19-24)36-2)39-31(35)25-11-7-4-8-12-25/h3-20,22H,21H2,1-2H3,(H,33,34). The van der Waals surface area contributed by atoms with Crippen molar-refractivity contribution in [2.24, 2.45) is 5.10 Å². The molecule has 0 fully saturated rings. The quantitative estimate of drug-likeness (QED) is 0.122. The van der Waals surface area contributed by atoms with Crippen LogP contribution in [0.3, 0.4) is 0 Å². The minimum absolute atomic E-state index is 0.269. The first-order chi connectivity index (χ1) is 19.0. The van der Waals surface area contributed by atoms with Crippen LogP contribution < -0.4 is 24.4 Å². The molecule has 1 unspecified atom stereocenters. The average Bonchev–Trinajstić information content (AvgIpc) is 2.98. The molecule has 0 aromatic heterocycles. The maximum atomic E-state index is 12.4. The van der Waals surface area contributed by atoms with Gasteiger partial charge in [0.15, 0.2) is 17.6 Å². The Labute approximate surface area is 226 Å². The molecule has 4 aromatic carbocycles. The highest BCUT2D eigenvalue weighted by molar-refractivity contribution is 5.91. The maximum Gasteiger partial charge on any atom is 0.343 e. The molecule has 0 heterocycles. The second kappa shape index (κ2) is 13.4. The number of methoxy groups -OCH3 is 1. The summed E-state index contributed by atoms with van der Waals surface area (Å²) in [6.45, 7) is 2.09. The number of nitrogens with zero attached hydrogens (tertiary/aromatic N) is 1. The van der Waals surface area contributed by atoms with E-state index in [1.54, 1.807) is 73.7 Å². The first-order valence-corrected chi connectivity index (χ1v) is 12.2. The van der Waals surface area contributed by atoms with Crippen LogP contribution in [-0.4, -0.2) is 31.3 Å². The predicted molar refractivity (Wildman–Crippen MR) is 147 cm³/mol. The Hall–Kier alpha value is -5.11. The smallest absolute Gasteiger partial charge is 0.343 e. The number of hydrogen-bond donors (Lipinski definition) is 1. The van der Waals surface area contributed by atoms with Gasteiger partial charge in [-0.3, -0.25) is 4.79 Å². The number of amides is 1. The summed E-state index contributed by atoms with van der Waals surface area (Å²) in [7, 11) is 1.47. The SMILES string of the molecule is COc1cc(C=NNC(=O)C(C)Oc2ccc(OCc3ccccc3)cc2)ccc1OC(=O)c1ccccc1. The lowest BCUT2D eigenvalue weighted by molar-refractivity contribution is -0.127. The largest absolute Gasteiger partial charge is 0.493 e. The fraction of sp³-hybridized carbons (Fsp3) is 0.129. The number of ether oxygens (including phenoxy) is 4. The number of nitrogens with one attached hydrogen (secondary N) is 1. The minimum Gasteiger partial charge on any atom is -0.493 e. The second-order valence-corrected chi connectivity index (χ2v) is 8.41. The van der Waals surface area contributed by atoms with E-state index in [2.05, 4.69) is 10.5 Å². The number of carbonyl (C=O) groups is 2. The van der Waals surface area contributed by atoms with Crippen molar-refractivity contribution in [2.45, 2.75) is 19.6 Å². The van der Waals surface area contributed by atoms with Crippen molar-refractivity contribution in [3.8, 4) is 23.0 Å². The van der Waals surface area contributed by atoms with E-state index in [1.165, 1.54) is 13.3 Å². The molecule has 0 aliphatic carbocycles. The predicted octanol–water partition coefficient (Wildman–Crippen LogP) is 5.41. The Balaban J connectivity index is 1.26. The summed E-state index contributed by atoms with van der Waals surface area (Å²) in [5.41, 5.74) is 4.59. The molecule has 1 atom stereocenters.